The van der Waals surface area contributed by atoms with E-state index in [1.807, 2.05) is 0 Å². The third kappa shape index (κ3) is 5.84. The highest BCUT2D eigenvalue weighted by atomic mass is 16.7. The Balaban J connectivity index is 2.94. The number of hydrogen-bond donors (Lipinski definition) is 7. The number of aliphatic hydroxyl groups excluding tert-OH is 3. The van der Waals surface area contributed by atoms with Crippen molar-refractivity contribution in [2.75, 3.05) is 6.54 Å². The van der Waals surface area contributed by atoms with Gasteiger partial charge in [-0.15, -0.1) is 0 Å². The molecule has 1 rings (SSSR count). The Bertz CT molecular complexity index is 558. The van der Waals surface area contributed by atoms with Crippen LogP contribution in [0.3, 0.4) is 0 Å². The van der Waals surface area contributed by atoms with Gasteiger partial charge in [0.1, 0.15) is 12.2 Å². The second kappa shape index (κ2) is 9.42. The molecule has 0 aliphatic carbocycles. The Morgan fingerprint density at radius 3 is 2.37 bits per heavy atom. The number of carbonyl (C=O) groups excluding carboxylic acids is 2. The van der Waals surface area contributed by atoms with Crippen molar-refractivity contribution in [3.05, 3.63) is 0 Å². The minimum absolute atomic E-state index is 0.314. The molecule has 0 aromatic heterocycles. The lowest BCUT2D eigenvalue weighted by molar-refractivity contribution is -0.294. The summed E-state index contributed by atoms with van der Waals surface area (Å²) in [6.45, 7) is 4.24. The second-order valence-corrected chi connectivity index (χ2v) is 6.78. The Labute approximate surface area is 156 Å². The summed E-state index contributed by atoms with van der Waals surface area (Å²) in [6, 6.07) is -1.28. The number of carboxylic acid groups (broad SMARTS) is 1. The van der Waals surface area contributed by atoms with Crippen LogP contribution in [0.25, 0.3) is 0 Å². The van der Waals surface area contributed by atoms with E-state index in [0.717, 1.165) is 6.92 Å². The van der Waals surface area contributed by atoms with E-state index in [0.29, 0.717) is 6.42 Å². The van der Waals surface area contributed by atoms with Crippen LogP contribution in [0.1, 0.15) is 33.6 Å². The van der Waals surface area contributed by atoms with Crippen LogP contribution >= 0.6 is 0 Å². The molecule has 1 fully saturated rings. The lowest BCUT2D eigenvalue weighted by Crippen LogP contribution is -2.67. The van der Waals surface area contributed by atoms with Crippen LogP contribution in [0.15, 0.2) is 0 Å². The molecule has 1 aliphatic rings. The van der Waals surface area contributed by atoms with Crippen molar-refractivity contribution in [3.8, 4) is 0 Å². The summed E-state index contributed by atoms with van der Waals surface area (Å²) < 4.78 is 5.04. The highest BCUT2D eigenvalue weighted by Crippen LogP contribution is 2.30. The van der Waals surface area contributed by atoms with E-state index in [1.165, 1.54) is 0 Å². The molecule has 11 heteroatoms. The second-order valence-electron chi connectivity index (χ2n) is 6.78. The quantitative estimate of drug-likeness (QED) is 0.231. The third-order valence-corrected chi connectivity index (χ3v) is 4.57. The first-order valence-corrected chi connectivity index (χ1v) is 8.65. The molecule has 2 amide bonds. The number of carboxylic acids is 1. The SMILES string of the molecule is CCC(C)C(=O)NCC(O)C(O)C1OC(O)(C(=O)O)CC(O)C1NC(C)=O. The smallest absolute Gasteiger partial charge is 0.364 e. The number of nitrogens with one attached hydrogen (secondary N) is 2. The van der Waals surface area contributed by atoms with Gasteiger partial charge in [0, 0.05) is 25.8 Å². The molecule has 1 saturated heterocycles. The first kappa shape index (κ1) is 23.2. The molecule has 0 aromatic carbocycles. The fourth-order valence-electron chi connectivity index (χ4n) is 2.71. The molecular formula is C16H28N2O9. The van der Waals surface area contributed by atoms with Gasteiger partial charge in [-0.2, -0.15) is 0 Å². The summed E-state index contributed by atoms with van der Waals surface area (Å²) in [4.78, 5) is 34.4. The summed E-state index contributed by atoms with van der Waals surface area (Å²) in [5, 5.41) is 54.6. The van der Waals surface area contributed by atoms with Gasteiger partial charge >= 0.3 is 5.97 Å². The molecule has 0 bridgehead atoms. The molecule has 0 saturated carbocycles. The molecule has 0 aromatic rings. The van der Waals surface area contributed by atoms with E-state index >= 15 is 0 Å². The van der Waals surface area contributed by atoms with Gasteiger partial charge in [0.05, 0.1) is 18.2 Å². The molecule has 1 aliphatic heterocycles. The maximum Gasteiger partial charge on any atom is 0.364 e. The number of aliphatic carboxylic acids is 1. The van der Waals surface area contributed by atoms with Gasteiger partial charge in [0.25, 0.3) is 5.79 Å². The van der Waals surface area contributed by atoms with E-state index < -0.39 is 54.5 Å². The van der Waals surface area contributed by atoms with E-state index in [1.54, 1.807) is 13.8 Å². The van der Waals surface area contributed by atoms with Crippen molar-refractivity contribution in [2.24, 2.45) is 5.92 Å². The number of carbonyl (C=O) groups is 3. The maximum atomic E-state index is 11.8. The summed E-state index contributed by atoms with van der Waals surface area (Å²) in [7, 11) is 0. The maximum absolute atomic E-state index is 11.8. The van der Waals surface area contributed by atoms with Gasteiger partial charge in [-0.1, -0.05) is 13.8 Å². The van der Waals surface area contributed by atoms with Gasteiger partial charge in [0.2, 0.25) is 11.8 Å². The van der Waals surface area contributed by atoms with Crippen LogP contribution in [-0.4, -0.2) is 86.1 Å². The summed E-state index contributed by atoms with van der Waals surface area (Å²) in [5.41, 5.74) is 0. The number of hydrogen-bond acceptors (Lipinski definition) is 8. The zero-order valence-electron chi connectivity index (χ0n) is 15.5. The van der Waals surface area contributed by atoms with Crippen LogP contribution in [0.5, 0.6) is 0 Å². The topological polar surface area (TPSA) is 186 Å². The largest absolute Gasteiger partial charge is 0.477 e. The van der Waals surface area contributed by atoms with E-state index in [2.05, 4.69) is 10.6 Å². The lowest BCUT2D eigenvalue weighted by Gasteiger charge is -2.44. The average Bonchev–Trinajstić information content (AvgIpc) is 2.59. The molecule has 7 unspecified atom stereocenters. The minimum atomic E-state index is -2.81. The van der Waals surface area contributed by atoms with Crippen molar-refractivity contribution >= 4 is 17.8 Å². The number of amides is 2. The van der Waals surface area contributed by atoms with E-state index in [9.17, 15) is 34.8 Å². The lowest BCUT2D eigenvalue weighted by atomic mass is 9.88. The minimum Gasteiger partial charge on any atom is -0.477 e. The van der Waals surface area contributed by atoms with Crippen LogP contribution in [0.2, 0.25) is 0 Å². The Morgan fingerprint density at radius 2 is 1.89 bits per heavy atom. The van der Waals surface area contributed by atoms with Crippen molar-refractivity contribution in [1.82, 2.24) is 10.6 Å². The molecule has 156 valence electrons. The highest BCUT2D eigenvalue weighted by molar-refractivity contribution is 5.78. The molecule has 0 spiro atoms. The van der Waals surface area contributed by atoms with E-state index in [4.69, 9.17) is 9.84 Å². The van der Waals surface area contributed by atoms with Gasteiger partial charge in [0.15, 0.2) is 0 Å². The predicted octanol–water partition coefficient (Wildman–Crippen LogP) is -2.70. The van der Waals surface area contributed by atoms with Crippen LogP contribution in [0.4, 0.5) is 0 Å². The number of aliphatic hydroxyl groups is 4. The van der Waals surface area contributed by atoms with Crippen molar-refractivity contribution < 1.29 is 44.7 Å². The molecule has 0 radical (unpaired) electrons. The zero-order valence-corrected chi connectivity index (χ0v) is 15.5. The van der Waals surface area contributed by atoms with Crippen LogP contribution in [-0.2, 0) is 19.1 Å². The Kier molecular flexibility index (Phi) is 8.11. The van der Waals surface area contributed by atoms with Crippen LogP contribution in [0, 0.1) is 5.92 Å². The van der Waals surface area contributed by atoms with Gasteiger partial charge in [-0.25, -0.2) is 4.79 Å². The highest BCUT2D eigenvalue weighted by Gasteiger charge is 2.53. The monoisotopic (exact) mass is 392 g/mol. The summed E-state index contributed by atoms with van der Waals surface area (Å²) in [6.07, 6.45) is -6.82. The first-order chi connectivity index (χ1) is 12.4. The fraction of sp³-hybridized carbons (Fsp3) is 0.812. The Morgan fingerprint density at radius 1 is 1.30 bits per heavy atom. The average molecular weight is 392 g/mol. The predicted molar refractivity (Wildman–Crippen MR) is 90.2 cm³/mol. The molecule has 11 nitrogen and oxygen atoms in total. The molecule has 27 heavy (non-hydrogen) atoms. The van der Waals surface area contributed by atoms with Crippen molar-refractivity contribution in [2.45, 2.75) is 69.9 Å². The van der Waals surface area contributed by atoms with Crippen molar-refractivity contribution in [3.63, 3.8) is 0 Å². The molecule has 1 heterocycles. The van der Waals surface area contributed by atoms with Gasteiger partial charge < -0.3 is 40.9 Å². The van der Waals surface area contributed by atoms with Crippen LogP contribution < -0.4 is 10.6 Å². The van der Waals surface area contributed by atoms with Gasteiger partial charge in [-0.05, 0) is 6.42 Å². The first-order valence-electron chi connectivity index (χ1n) is 8.65. The molecular weight excluding hydrogens is 364 g/mol. The summed E-state index contributed by atoms with van der Waals surface area (Å²) in [5.74, 6) is -5.86. The normalized spacial score (nSPS) is 31.4. The zero-order chi connectivity index (χ0) is 20.9. The standard InChI is InChI=1S/C16H28N2O9/c1-4-7(2)14(23)17-6-10(21)12(22)13-11(18-8(3)19)9(20)5-16(26,27-13)15(24)25/h7,9-13,20-22,26H,4-6H2,1-3H3,(H,17,23)(H,18,19)(H,24,25). The number of rotatable bonds is 8. The van der Waals surface area contributed by atoms with E-state index in [-0.39, 0.29) is 18.4 Å². The third-order valence-electron chi connectivity index (χ3n) is 4.57. The molecule has 7 N–H and O–H groups in total. The molecule has 7 atom stereocenters. The van der Waals surface area contributed by atoms with Crippen molar-refractivity contribution in [1.29, 1.82) is 0 Å². The number of ether oxygens (including phenoxy) is 1. The van der Waals surface area contributed by atoms with Gasteiger partial charge in [-0.3, -0.25) is 9.59 Å². The summed E-state index contributed by atoms with van der Waals surface area (Å²) >= 11 is 0. The fourth-order valence-corrected chi connectivity index (χ4v) is 2.71. The Hall–Kier alpha value is -1.79.